The van der Waals surface area contributed by atoms with Crippen molar-refractivity contribution >= 4 is 23.4 Å². The van der Waals surface area contributed by atoms with Crippen LogP contribution in [0.1, 0.15) is 43.7 Å². The van der Waals surface area contributed by atoms with E-state index in [9.17, 15) is 5.11 Å². The Morgan fingerprint density at radius 2 is 1.67 bits per heavy atom. The summed E-state index contributed by atoms with van der Waals surface area (Å²) in [6.45, 7) is 5.70. The fraction of sp³-hybridized carbons (Fsp3) is 0.306. The Kier molecular flexibility index (Phi) is 6.96. The predicted molar refractivity (Wildman–Crippen MR) is 170 cm³/mol. The van der Waals surface area contributed by atoms with E-state index < -0.39 is 0 Å². The van der Waals surface area contributed by atoms with Crippen LogP contribution in [0.25, 0.3) is 34.8 Å². The summed E-state index contributed by atoms with van der Waals surface area (Å²) in [7, 11) is 0. The van der Waals surface area contributed by atoms with Gasteiger partial charge in [-0.25, -0.2) is 4.98 Å². The van der Waals surface area contributed by atoms with Gasteiger partial charge in [0.05, 0.1) is 23.9 Å². The number of phenols is 1. The van der Waals surface area contributed by atoms with Crippen LogP contribution >= 0.6 is 0 Å². The van der Waals surface area contributed by atoms with E-state index in [0.29, 0.717) is 5.92 Å². The minimum Gasteiger partial charge on any atom is -0.508 e. The lowest BCUT2D eigenvalue weighted by Gasteiger charge is -2.38. The molecule has 6 nitrogen and oxygen atoms in total. The van der Waals surface area contributed by atoms with Crippen molar-refractivity contribution in [3.05, 3.63) is 101 Å². The number of phenolic OH excluding ortho intramolecular Hbond substituents is 1. The summed E-state index contributed by atoms with van der Waals surface area (Å²) < 4.78 is 7.82. The fourth-order valence-electron chi connectivity index (χ4n) is 6.46. The second-order valence-electron chi connectivity index (χ2n) is 11.9. The molecule has 2 aliphatic carbocycles. The molecule has 214 valence electrons. The van der Waals surface area contributed by atoms with Crippen molar-refractivity contribution < 1.29 is 9.84 Å². The van der Waals surface area contributed by atoms with Crippen LogP contribution in [-0.2, 0) is 10.3 Å². The minimum absolute atomic E-state index is 0.197. The van der Waals surface area contributed by atoms with E-state index in [1.165, 1.54) is 28.8 Å². The highest BCUT2D eigenvalue weighted by molar-refractivity contribution is 5.76. The average Bonchev–Trinajstić information content (AvgIpc) is 3.36. The van der Waals surface area contributed by atoms with Gasteiger partial charge in [-0.1, -0.05) is 43.3 Å². The zero-order chi connectivity index (χ0) is 28.7. The van der Waals surface area contributed by atoms with Gasteiger partial charge in [-0.3, -0.25) is 4.57 Å². The molecule has 1 aliphatic heterocycles. The zero-order valence-corrected chi connectivity index (χ0v) is 24.2. The van der Waals surface area contributed by atoms with Crippen LogP contribution in [0.4, 0.5) is 5.69 Å². The average molecular weight is 559 g/mol. The number of nitrogens with zero attached hydrogens (tertiary/aromatic N) is 3. The fourth-order valence-corrected chi connectivity index (χ4v) is 6.46. The molecule has 3 N–H and O–H groups in total. The van der Waals surface area contributed by atoms with Crippen LogP contribution in [0.3, 0.4) is 0 Å². The number of nitrogens with two attached hydrogens (primary N) is 1. The Morgan fingerprint density at radius 1 is 0.905 bits per heavy atom. The van der Waals surface area contributed by atoms with Crippen LogP contribution < -0.4 is 21.3 Å². The number of benzene rings is 3. The number of hydrogen-bond acceptors (Lipinski definition) is 5. The molecule has 1 unspecified atom stereocenters. The summed E-state index contributed by atoms with van der Waals surface area (Å²) in [6, 6.07) is 24.9. The summed E-state index contributed by atoms with van der Waals surface area (Å²) in [5, 5.41) is 12.0. The Balaban J connectivity index is 1.33. The van der Waals surface area contributed by atoms with Gasteiger partial charge < -0.3 is 20.5 Å². The molecule has 6 heteroatoms. The molecule has 7 rings (SSSR count). The lowest BCUT2D eigenvalue weighted by atomic mass is 9.73. The van der Waals surface area contributed by atoms with Gasteiger partial charge in [0.25, 0.3) is 0 Å². The van der Waals surface area contributed by atoms with E-state index >= 15 is 0 Å². The van der Waals surface area contributed by atoms with Gasteiger partial charge in [0.15, 0.2) is 0 Å². The Hall–Kier alpha value is -4.13. The second-order valence-corrected chi connectivity index (χ2v) is 11.9. The Bertz CT molecular complexity index is 1740. The molecule has 1 aromatic heterocycles. The summed E-state index contributed by atoms with van der Waals surface area (Å²) in [4.78, 5) is 7.58. The maximum absolute atomic E-state index is 9.96. The number of allylic oxidation sites excluding steroid dienone is 2. The van der Waals surface area contributed by atoms with E-state index in [-0.39, 0.29) is 11.3 Å². The molecule has 4 aromatic rings. The van der Waals surface area contributed by atoms with Gasteiger partial charge in [0.2, 0.25) is 0 Å². The van der Waals surface area contributed by atoms with Crippen LogP contribution in [0.2, 0.25) is 0 Å². The molecule has 42 heavy (non-hydrogen) atoms. The molecule has 3 aromatic carbocycles. The SMILES string of the molecule is CC1CC=c2c(nc(-c3ccc(O)cc3)n2-c2ccc(C3(N)CCC3)cc2)=CC=C1c1cccc(N2CCOCC2)c1. The number of morpholine rings is 1. The van der Waals surface area contributed by atoms with Crippen LogP contribution in [0, 0.1) is 5.92 Å². The first-order valence-corrected chi connectivity index (χ1v) is 15.1. The molecule has 2 fully saturated rings. The molecule has 1 saturated carbocycles. The molecule has 1 saturated heterocycles. The molecule has 0 spiro atoms. The van der Waals surface area contributed by atoms with Crippen molar-refractivity contribution in [1.29, 1.82) is 0 Å². The Morgan fingerprint density at radius 3 is 2.38 bits per heavy atom. The summed E-state index contributed by atoms with van der Waals surface area (Å²) in [5.74, 6) is 1.42. The molecule has 2 heterocycles. The monoisotopic (exact) mass is 558 g/mol. The van der Waals surface area contributed by atoms with E-state index in [1.54, 1.807) is 12.1 Å². The number of aromatic nitrogens is 2. The number of imidazole rings is 1. The molecule has 1 atom stereocenters. The van der Waals surface area contributed by atoms with Crippen molar-refractivity contribution in [3.63, 3.8) is 0 Å². The first-order valence-electron chi connectivity index (χ1n) is 15.1. The highest BCUT2D eigenvalue weighted by Gasteiger charge is 2.34. The van der Waals surface area contributed by atoms with Gasteiger partial charge in [-0.15, -0.1) is 0 Å². The van der Waals surface area contributed by atoms with Crippen molar-refractivity contribution in [2.24, 2.45) is 11.7 Å². The van der Waals surface area contributed by atoms with Crippen LogP contribution in [-0.4, -0.2) is 41.0 Å². The zero-order valence-electron chi connectivity index (χ0n) is 24.2. The number of ether oxygens (including phenoxy) is 1. The van der Waals surface area contributed by atoms with Crippen molar-refractivity contribution in [2.75, 3.05) is 31.2 Å². The van der Waals surface area contributed by atoms with Crippen molar-refractivity contribution in [2.45, 2.75) is 38.1 Å². The Labute approximate surface area is 247 Å². The van der Waals surface area contributed by atoms with E-state index in [0.717, 1.165) is 73.3 Å². The van der Waals surface area contributed by atoms with Gasteiger partial charge in [-0.2, -0.15) is 0 Å². The third kappa shape index (κ3) is 4.95. The summed E-state index contributed by atoms with van der Waals surface area (Å²) >= 11 is 0. The first kappa shape index (κ1) is 26.7. The molecule has 0 bridgehead atoms. The number of aromatic hydroxyl groups is 1. The first-order chi connectivity index (χ1) is 20.5. The van der Waals surface area contributed by atoms with Crippen LogP contribution in [0.5, 0.6) is 5.75 Å². The van der Waals surface area contributed by atoms with Crippen molar-refractivity contribution in [3.8, 4) is 22.8 Å². The largest absolute Gasteiger partial charge is 0.508 e. The second kappa shape index (κ2) is 10.9. The minimum atomic E-state index is -0.197. The number of rotatable bonds is 5. The van der Waals surface area contributed by atoms with Gasteiger partial charge >= 0.3 is 0 Å². The third-order valence-electron chi connectivity index (χ3n) is 9.19. The molecular formula is C36H38N4O2. The predicted octanol–water partition coefficient (Wildman–Crippen LogP) is 5.10. The molecule has 0 radical (unpaired) electrons. The lowest BCUT2D eigenvalue weighted by molar-refractivity contribution is 0.122. The molecule has 3 aliphatic rings. The highest BCUT2D eigenvalue weighted by atomic mass is 16.5. The van der Waals surface area contributed by atoms with Gasteiger partial charge in [0, 0.05) is 35.6 Å². The quantitative estimate of drug-likeness (QED) is 0.356. The van der Waals surface area contributed by atoms with Gasteiger partial charge in [0.1, 0.15) is 11.6 Å². The summed E-state index contributed by atoms with van der Waals surface area (Å²) in [5.41, 5.74) is 13.5. The number of hydrogen-bond donors (Lipinski definition) is 2. The number of fused-ring (bicyclic) bond motifs is 1. The molecular weight excluding hydrogens is 520 g/mol. The van der Waals surface area contributed by atoms with Crippen molar-refractivity contribution in [1.82, 2.24) is 9.55 Å². The number of anilines is 1. The van der Waals surface area contributed by atoms with E-state index in [4.69, 9.17) is 15.5 Å². The standard InChI is InChI=1S/C36H38N4O2/c1-25-6-17-34-33(16-15-32(25)27-4-2-5-30(24-27)39-20-22-42-23-21-39)38-35(26-7-13-31(41)14-8-26)40(34)29-11-9-28(10-12-29)36(37)18-3-19-36/h2,4-5,7-17,24-25,41H,3,6,18-23,37H2,1H3. The van der Waals surface area contributed by atoms with Crippen LogP contribution in [0.15, 0.2) is 78.9 Å². The molecule has 0 amide bonds. The third-order valence-corrected chi connectivity index (χ3v) is 9.19. The maximum Gasteiger partial charge on any atom is 0.145 e. The summed E-state index contributed by atoms with van der Waals surface area (Å²) in [6.07, 6.45) is 10.9. The smallest absolute Gasteiger partial charge is 0.145 e. The highest BCUT2D eigenvalue weighted by Crippen LogP contribution is 2.39. The van der Waals surface area contributed by atoms with Gasteiger partial charge in [-0.05, 0) is 103 Å². The topological polar surface area (TPSA) is 76.5 Å². The normalized spacial score (nSPS) is 19.8. The lowest BCUT2D eigenvalue weighted by Crippen LogP contribution is -2.43. The van der Waals surface area contributed by atoms with E-state index in [1.807, 2.05) is 12.1 Å². The maximum atomic E-state index is 9.96. The van der Waals surface area contributed by atoms with E-state index in [2.05, 4.69) is 83.1 Å².